The molecular weight excluding hydrogens is 428 g/mol. The second-order valence-electron chi connectivity index (χ2n) is 6.15. The number of thioether (sulfide) groups is 1. The largest absolute Gasteiger partial charge is 0.507 e. The minimum atomic E-state index is -1.10. The molecule has 0 bridgehead atoms. The molecule has 1 unspecified atom stereocenters. The Labute approximate surface area is 181 Å². The summed E-state index contributed by atoms with van der Waals surface area (Å²) >= 11 is 6.18. The van der Waals surface area contributed by atoms with Gasteiger partial charge < -0.3 is 14.9 Å². The Bertz CT molecular complexity index is 1070. The molecule has 10 heteroatoms. The number of hydrazine groups is 1. The number of benzene rings is 2. The average molecular weight is 444 g/mol. The zero-order chi connectivity index (χ0) is 21.8. The molecule has 2 aromatic carbocycles. The number of thiocarbonyl (C=S) groups is 1. The summed E-state index contributed by atoms with van der Waals surface area (Å²) in [4.78, 5) is 36.3. The van der Waals surface area contributed by atoms with Gasteiger partial charge in [0.15, 0.2) is 10.4 Å². The van der Waals surface area contributed by atoms with Gasteiger partial charge in [-0.1, -0.05) is 36.0 Å². The van der Waals surface area contributed by atoms with Crippen molar-refractivity contribution in [1.29, 1.82) is 0 Å². The van der Waals surface area contributed by atoms with Gasteiger partial charge in [0.1, 0.15) is 11.5 Å². The van der Waals surface area contributed by atoms with Crippen LogP contribution in [0.1, 0.15) is 22.8 Å². The molecule has 0 spiro atoms. The SMILES string of the molecule is CC(Oc1cccc(/C=C2\SC(=S)N(NC(=O)c3ccccc3O)C2=O)c1)C(=O)O. The molecule has 3 N–H and O–H groups in total. The number of nitrogens with one attached hydrogen (secondary N) is 1. The van der Waals surface area contributed by atoms with Crippen LogP contribution in [-0.2, 0) is 9.59 Å². The van der Waals surface area contributed by atoms with Crippen molar-refractivity contribution in [2.75, 3.05) is 0 Å². The molecule has 1 fully saturated rings. The van der Waals surface area contributed by atoms with Crippen molar-refractivity contribution >= 4 is 52.2 Å². The van der Waals surface area contributed by atoms with E-state index in [0.29, 0.717) is 11.3 Å². The van der Waals surface area contributed by atoms with Gasteiger partial charge in [0, 0.05) is 0 Å². The van der Waals surface area contributed by atoms with E-state index in [0.717, 1.165) is 16.8 Å². The number of carbonyl (C=O) groups is 3. The number of rotatable bonds is 6. The monoisotopic (exact) mass is 444 g/mol. The van der Waals surface area contributed by atoms with Crippen LogP contribution in [0.4, 0.5) is 0 Å². The highest BCUT2D eigenvalue weighted by Gasteiger charge is 2.34. The first-order valence-electron chi connectivity index (χ1n) is 8.62. The highest BCUT2D eigenvalue weighted by molar-refractivity contribution is 8.26. The maximum absolute atomic E-state index is 12.7. The topological polar surface area (TPSA) is 116 Å². The van der Waals surface area contributed by atoms with E-state index >= 15 is 0 Å². The molecule has 1 saturated heterocycles. The fourth-order valence-corrected chi connectivity index (χ4v) is 3.65. The second-order valence-corrected chi connectivity index (χ2v) is 7.82. The molecule has 1 heterocycles. The number of phenolic OH excluding ortho intramolecular Hbond substituents is 1. The minimum absolute atomic E-state index is 0.00734. The Hall–Kier alpha value is -3.37. The van der Waals surface area contributed by atoms with Gasteiger partial charge in [-0.25, -0.2) is 4.79 Å². The van der Waals surface area contributed by atoms with Crippen molar-refractivity contribution < 1.29 is 29.3 Å². The highest BCUT2D eigenvalue weighted by Crippen LogP contribution is 2.32. The summed E-state index contributed by atoms with van der Waals surface area (Å²) in [7, 11) is 0. The lowest BCUT2D eigenvalue weighted by Gasteiger charge is -2.16. The predicted molar refractivity (Wildman–Crippen MR) is 115 cm³/mol. The van der Waals surface area contributed by atoms with Crippen LogP contribution in [0, 0.1) is 0 Å². The maximum Gasteiger partial charge on any atom is 0.344 e. The van der Waals surface area contributed by atoms with Crippen molar-refractivity contribution in [2.45, 2.75) is 13.0 Å². The number of ether oxygens (including phenoxy) is 1. The number of amides is 2. The first-order valence-corrected chi connectivity index (χ1v) is 9.85. The zero-order valence-corrected chi connectivity index (χ0v) is 17.2. The minimum Gasteiger partial charge on any atom is -0.507 e. The first kappa shape index (κ1) is 21.3. The van der Waals surface area contributed by atoms with Crippen molar-refractivity contribution in [1.82, 2.24) is 10.4 Å². The molecule has 2 amide bonds. The number of phenols is 1. The third-order valence-corrected chi connectivity index (χ3v) is 5.27. The van der Waals surface area contributed by atoms with Crippen molar-refractivity contribution in [2.24, 2.45) is 0 Å². The maximum atomic E-state index is 12.7. The Balaban J connectivity index is 1.76. The van der Waals surface area contributed by atoms with Gasteiger partial charge in [-0.3, -0.25) is 15.0 Å². The van der Waals surface area contributed by atoms with Gasteiger partial charge in [-0.05, 0) is 55.0 Å². The van der Waals surface area contributed by atoms with Crippen molar-refractivity contribution in [3.05, 3.63) is 64.6 Å². The lowest BCUT2D eigenvalue weighted by molar-refractivity contribution is -0.144. The van der Waals surface area contributed by atoms with Gasteiger partial charge >= 0.3 is 5.97 Å². The Kier molecular flexibility index (Phi) is 6.38. The standard InChI is InChI=1S/C20H16N2O6S2/c1-11(19(26)27)28-13-6-4-5-12(9-13)10-16-18(25)22(20(29)30-16)21-17(24)14-7-2-3-8-15(14)23/h2-11,23H,1H3,(H,21,24)(H,26,27)/b16-10-. The van der Waals surface area contributed by atoms with E-state index in [1.165, 1.54) is 19.1 Å². The van der Waals surface area contributed by atoms with Gasteiger partial charge in [-0.2, -0.15) is 5.01 Å². The zero-order valence-electron chi connectivity index (χ0n) is 15.6. The van der Waals surface area contributed by atoms with Gasteiger partial charge in [0.2, 0.25) is 0 Å². The normalized spacial score (nSPS) is 15.9. The molecule has 3 rings (SSSR count). The number of aromatic hydroxyl groups is 1. The Morgan fingerprint density at radius 2 is 1.97 bits per heavy atom. The number of carbonyl (C=O) groups excluding carboxylic acids is 2. The molecule has 1 atom stereocenters. The Morgan fingerprint density at radius 1 is 1.23 bits per heavy atom. The first-order chi connectivity index (χ1) is 14.3. The summed E-state index contributed by atoms with van der Waals surface area (Å²) in [5.74, 6) is -2.19. The van der Waals surface area contributed by atoms with E-state index in [4.69, 9.17) is 22.1 Å². The summed E-state index contributed by atoms with van der Waals surface area (Å²) in [6, 6.07) is 12.5. The molecule has 2 aromatic rings. The van der Waals surface area contributed by atoms with Gasteiger partial charge in [-0.15, -0.1) is 0 Å². The van der Waals surface area contributed by atoms with Crippen molar-refractivity contribution in [3.63, 3.8) is 0 Å². The fraction of sp³-hybridized carbons (Fsp3) is 0.100. The number of carboxylic acid groups (broad SMARTS) is 1. The van der Waals surface area contributed by atoms with E-state index in [9.17, 15) is 19.5 Å². The van der Waals surface area contributed by atoms with Crippen molar-refractivity contribution in [3.8, 4) is 11.5 Å². The van der Waals surface area contributed by atoms with E-state index < -0.39 is 23.9 Å². The third kappa shape index (κ3) is 4.78. The molecule has 0 aliphatic carbocycles. The molecule has 1 aliphatic heterocycles. The number of nitrogens with zero attached hydrogens (tertiary/aromatic N) is 1. The second kappa shape index (κ2) is 8.97. The number of hydrogen-bond acceptors (Lipinski definition) is 7. The third-order valence-electron chi connectivity index (χ3n) is 3.97. The van der Waals surface area contributed by atoms with Crippen LogP contribution in [0.2, 0.25) is 0 Å². The molecule has 0 radical (unpaired) electrons. The van der Waals surface area contributed by atoms with Crippen LogP contribution in [-0.4, -0.2) is 43.4 Å². The van der Waals surface area contributed by atoms with Crippen LogP contribution < -0.4 is 10.2 Å². The molecule has 30 heavy (non-hydrogen) atoms. The lowest BCUT2D eigenvalue weighted by Crippen LogP contribution is -2.44. The van der Waals surface area contributed by atoms with E-state index in [2.05, 4.69) is 5.43 Å². The summed E-state index contributed by atoms with van der Waals surface area (Å²) in [6.07, 6.45) is 0.534. The fourth-order valence-electron chi connectivity index (χ4n) is 2.48. The Morgan fingerprint density at radius 3 is 2.67 bits per heavy atom. The average Bonchev–Trinajstić information content (AvgIpc) is 2.95. The van der Waals surface area contributed by atoms with E-state index in [-0.39, 0.29) is 20.5 Å². The van der Waals surface area contributed by atoms with E-state index in [1.54, 1.807) is 42.5 Å². The number of para-hydroxylation sites is 1. The molecule has 1 aliphatic rings. The molecule has 0 saturated carbocycles. The van der Waals surface area contributed by atoms with Gasteiger partial charge in [0.05, 0.1) is 10.5 Å². The highest BCUT2D eigenvalue weighted by atomic mass is 32.2. The summed E-state index contributed by atoms with van der Waals surface area (Å²) in [5.41, 5.74) is 3.00. The number of hydrogen-bond donors (Lipinski definition) is 3. The summed E-state index contributed by atoms with van der Waals surface area (Å²) in [6.45, 7) is 1.41. The smallest absolute Gasteiger partial charge is 0.344 e. The van der Waals surface area contributed by atoms with Crippen LogP contribution in [0.15, 0.2) is 53.4 Å². The quantitative estimate of drug-likeness (QED) is 0.460. The van der Waals surface area contributed by atoms with E-state index in [1.807, 2.05) is 0 Å². The summed E-state index contributed by atoms with van der Waals surface area (Å²) in [5, 5.41) is 19.7. The predicted octanol–water partition coefficient (Wildman–Crippen LogP) is 2.79. The number of aliphatic carboxylic acids is 1. The molecule has 154 valence electrons. The lowest BCUT2D eigenvalue weighted by atomic mass is 10.2. The molecule has 0 aromatic heterocycles. The van der Waals surface area contributed by atoms with Crippen LogP contribution in [0.5, 0.6) is 11.5 Å². The number of carboxylic acids is 1. The summed E-state index contributed by atoms with van der Waals surface area (Å²) < 4.78 is 5.45. The molecular formula is C20H16N2O6S2. The van der Waals surface area contributed by atoms with Gasteiger partial charge in [0.25, 0.3) is 11.8 Å². The van der Waals surface area contributed by atoms with Crippen LogP contribution in [0.3, 0.4) is 0 Å². The van der Waals surface area contributed by atoms with Crippen LogP contribution >= 0.6 is 24.0 Å². The van der Waals surface area contributed by atoms with Crippen LogP contribution in [0.25, 0.3) is 6.08 Å². The molecule has 8 nitrogen and oxygen atoms in total.